The molecule has 0 radical (unpaired) electrons. The Morgan fingerprint density at radius 3 is 2.57 bits per heavy atom. The van der Waals surface area contributed by atoms with Gasteiger partial charge >= 0.3 is 0 Å². The Balaban J connectivity index is 1.90. The number of nitro groups is 1. The molecular weight excluding hydrogens is 292 g/mol. The van der Waals surface area contributed by atoms with Crippen molar-refractivity contribution in [2.24, 2.45) is 0 Å². The van der Waals surface area contributed by atoms with Crippen molar-refractivity contribution in [3.8, 4) is 5.75 Å². The summed E-state index contributed by atoms with van der Waals surface area (Å²) >= 11 is 5.96. The van der Waals surface area contributed by atoms with Crippen molar-refractivity contribution in [3.05, 3.63) is 63.2 Å². The predicted molar refractivity (Wildman–Crippen MR) is 83.3 cm³/mol. The van der Waals surface area contributed by atoms with E-state index in [1.165, 1.54) is 12.1 Å². The number of benzene rings is 2. The van der Waals surface area contributed by atoms with E-state index in [-0.39, 0.29) is 5.69 Å². The van der Waals surface area contributed by atoms with E-state index in [9.17, 15) is 10.1 Å². The highest BCUT2D eigenvalue weighted by Gasteiger charge is 2.04. The fourth-order valence-corrected chi connectivity index (χ4v) is 2.10. The Morgan fingerprint density at radius 1 is 1.24 bits per heavy atom. The number of nitrogens with one attached hydrogen (secondary N) is 1. The van der Waals surface area contributed by atoms with Crippen molar-refractivity contribution in [3.63, 3.8) is 0 Å². The molecule has 0 saturated heterocycles. The number of hydrogen-bond donors (Lipinski definition) is 1. The Labute approximate surface area is 127 Å². The van der Waals surface area contributed by atoms with Crippen LogP contribution in [0.25, 0.3) is 0 Å². The van der Waals surface area contributed by atoms with Crippen molar-refractivity contribution < 1.29 is 9.66 Å². The van der Waals surface area contributed by atoms with Crippen LogP contribution in [0, 0.1) is 10.1 Å². The molecule has 0 aliphatic rings. The van der Waals surface area contributed by atoms with Gasteiger partial charge in [0.1, 0.15) is 5.75 Å². The number of methoxy groups -OCH3 is 1. The fraction of sp³-hybridized carbons (Fsp3) is 0.200. The van der Waals surface area contributed by atoms with Gasteiger partial charge in [-0.15, -0.1) is 0 Å². The summed E-state index contributed by atoms with van der Waals surface area (Å²) < 4.78 is 5.15. The maximum Gasteiger partial charge on any atom is 0.269 e. The van der Waals surface area contributed by atoms with E-state index in [4.69, 9.17) is 16.3 Å². The molecule has 2 aromatic carbocycles. The van der Waals surface area contributed by atoms with E-state index in [0.717, 1.165) is 17.7 Å². The first-order chi connectivity index (χ1) is 10.1. The van der Waals surface area contributed by atoms with Gasteiger partial charge in [-0.25, -0.2) is 0 Å². The molecule has 5 nitrogen and oxygen atoms in total. The van der Waals surface area contributed by atoms with Crippen LogP contribution in [-0.2, 0) is 6.42 Å². The summed E-state index contributed by atoms with van der Waals surface area (Å²) in [6.45, 7) is 0.711. The minimum absolute atomic E-state index is 0.106. The molecular formula is C15H15ClN2O3. The van der Waals surface area contributed by atoms with Gasteiger partial charge in [0.25, 0.3) is 5.69 Å². The summed E-state index contributed by atoms with van der Waals surface area (Å²) in [5.41, 5.74) is 2.06. The van der Waals surface area contributed by atoms with Crippen LogP contribution in [0.4, 0.5) is 11.4 Å². The Kier molecular flexibility index (Phi) is 5.00. The molecule has 0 amide bonds. The molecule has 0 aromatic heterocycles. The Hall–Kier alpha value is -2.27. The first kappa shape index (κ1) is 15.1. The number of halogens is 1. The lowest BCUT2D eigenvalue weighted by molar-refractivity contribution is -0.384. The molecule has 0 bridgehead atoms. The first-order valence-electron chi connectivity index (χ1n) is 6.41. The highest BCUT2D eigenvalue weighted by atomic mass is 35.5. The van der Waals surface area contributed by atoms with E-state index in [2.05, 4.69) is 5.32 Å². The molecule has 0 aliphatic heterocycles. The molecule has 0 saturated carbocycles. The van der Waals surface area contributed by atoms with Crippen LogP contribution in [0.2, 0.25) is 5.02 Å². The third-order valence-electron chi connectivity index (χ3n) is 3.04. The van der Waals surface area contributed by atoms with Crippen LogP contribution in [0.15, 0.2) is 42.5 Å². The molecule has 110 valence electrons. The van der Waals surface area contributed by atoms with Crippen molar-refractivity contribution >= 4 is 23.0 Å². The van der Waals surface area contributed by atoms with Gasteiger partial charge in [-0.05, 0) is 24.1 Å². The van der Waals surface area contributed by atoms with Gasteiger partial charge in [-0.2, -0.15) is 0 Å². The van der Waals surface area contributed by atoms with Gasteiger partial charge < -0.3 is 10.1 Å². The second kappa shape index (κ2) is 6.95. The monoisotopic (exact) mass is 306 g/mol. The second-order valence-electron chi connectivity index (χ2n) is 4.45. The number of hydrogen-bond acceptors (Lipinski definition) is 4. The molecule has 0 spiro atoms. The lowest BCUT2D eigenvalue weighted by atomic mass is 10.1. The van der Waals surface area contributed by atoms with Crippen molar-refractivity contribution in [1.82, 2.24) is 0 Å². The molecule has 0 atom stereocenters. The fourth-order valence-electron chi connectivity index (χ4n) is 1.91. The lowest BCUT2D eigenvalue weighted by Crippen LogP contribution is -2.05. The number of nitro benzene ring substituents is 1. The third kappa shape index (κ3) is 4.10. The van der Waals surface area contributed by atoms with Gasteiger partial charge in [0.15, 0.2) is 0 Å². The number of rotatable bonds is 6. The van der Waals surface area contributed by atoms with E-state index in [0.29, 0.717) is 17.3 Å². The molecule has 2 rings (SSSR count). The maximum atomic E-state index is 10.6. The van der Waals surface area contributed by atoms with Crippen molar-refractivity contribution in [2.45, 2.75) is 6.42 Å². The van der Waals surface area contributed by atoms with E-state index in [1.54, 1.807) is 25.3 Å². The van der Waals surface area contributed by atoms with Crippen molar-refractivity contribution in [2.75, 3.05) is 19.0 Å². The van der Waals surface area contributed by atoms with Gasteiger partial charge in [0.2, 0.25) is 0 Å². The van der Waals surface area contributed by atoms with Crippen LogP contribution < -0.4 is 10.1 Å². The predicted octanol–water partition coefficient (Wildman–Crippen LogP) is 3.91. The molecule has 1 N–H and O–H groups in total. The second-order valence-corrected chi connectivity index (χ2v) is 4.86. The third-order valence-corrected chi connectivity index (χ3v) is 3.35. The maximum absolute atomic E-state index is 10.6. The van der Waals surface area contributed by atoms with Crippen molar-refractivity contribution in [1.29, 1.82) is 0 Å². The summed E-state index contributed by atoms with van der Waals surface area (Å²) in [6.07, 6.45) is 0.767. The van der Waals surface area contributed by atoms with E-state index < -0.39 is 4.92 Å². The number of nitrogens with zero attached hydrogens (tertiary/aromatic N) is 1. The average molecular weight is 307 g/mol. The van der Waals surface area contributed by atoms with Crippen LogP contribution in [0.5, 0.6) is 5.75 Å². The largest absolute Gasteiger partial charge is 0.495 e. The standard InChI is InChI=1S/C15H15ClN2O3/c1-21-15-10-12(4-7-14(15)16)17-9-8-11-2-5-13(6-3-11)18(19)20/h2-7,10,17H,8-9H2,1H3. The summed E-state index contributed by atoms with van der Waals surface area (Å²) in [6, 6.07) is 12.0. The molecule has 21 heavy (non-hydrogen) atoms. The molecule has 0 aliphatic carbocycles. The van der Waals surface area contributed by atoms with Gasteiger partial charge in [0, 0.05) is 30.4 Å². The summed E-state index contributed by atoms with van der Waals surface area (Å²) in [4.78, 5) is 10.2. The topological polar surface area (TPSA) is 64.4 Å². The van der Waals surface area contributed by atoms with Gasteiger partial charge in [-0.3, -0.25) is 10.1 Å². The number of ether oxygens (including phenoxy) is 1. The SMILES string of the molecule is COc1cc(NCCc2ccc([N+](=O)[O-])cc2)ccc1Cl. The Bertz CT molecular complexity index is 629. The lowest BCUT2D eigenvalue weighted by Gasteiger charge is -2.09. The summed E-state index contributed by atoms with van der Waals surface area (Å²) in [5.74, 6) is 0.622. The smallest absolute Gasteiger partial charge is 0.269 e. The average Bonchev–Trinajstić information content (AvgIpc) is 2.49. The van der Waals surface area contributed by atoms with Gasteiger partial charge in [0.05, 0.1) is 17.1 Å². The summed E-state index contributed by atoms with van der Waals surface area (Å²) in [5, 5.41) is 14.4. The minimum Gasteiger partial charge on any atom is -0.495 e. The van der Waals surface area contributed by atoms with Gasteiger partial charge in [-0.1, -0.05) is 23.7 Å². The van der Waals surface area contributed by atoms with E-state index >= 15 is 0 Å². The van der Waals surface area contributed by atoms with E-state index in [1.807, 2.05) is 12.1 Å². The number of anilines is 1. The normalized spacial score (nSPS) is 10.2. The highest BCUT2D eigenvalue weighted by molar-refractivity contribution is 6.32. The summed E-state index contributed by atoms with van der Waals surface area (Å²) in [7, 11) is 1.57. The quantitative estimate of drug-likeness (QED) is 0.649. The minimum atomic E-state index is -0.401. The van der Waals surface area contributed by atoms with Crippen LogP contribution in [-0.4, -0.2) is 18.6 Å². The molecule has 0 heterocycles. The number of non-ortho nitro benzene ring substituents is 1. The molecule has 2 aromatic rings. The van der Waals surface area contributed by atoms with Crippen LogP contribution in [0.3, 0.4) is 0 Å². The zero-order valence-corrected chi connectivity index (χ0v) is 12.3. The molecule has 0 unspecified atom stereocenters. The first-order valence-corrected chi connectivity index (χ1v) is 6.78. The zero-order valence-electron chi connectivity index (χ0n) is 11.5. The zero-order chi connectivity index (χ0) is 15.2. The Morgan fingerprint density at radius 2 is 1.95 bits per heavy atom. The molecule has 0 fully saturated rings. The molecule has 6 heteroatoms. The highest BCUT2D eigenvalue weighted by Crippen LogP contribution is 2.27. The van der Waals surface area contributed by atoms with Crippen LogP contribution in [0.1, 0.15) is 5.56 Å². The van der Waals surface area contributed by atoms with Crippen LogP contribution >= 0.6 is 11.6 Å².